The highest BCUT2D eigenvalue weighted by molar-refractivity contribution is 6.24. The zero-order valence-corrected chi connectivity index (χ0v) is 23.0. The largest absolute Gasteiger partial charge is 0.490 e. The van der Waals surface area contributed by atoms with Crippen LogP contribution < -0.4 is 4.74 Å². The van der Waals surface area contributed by atoms with Crippen LogP contribution in [0.1, 0.15) is 31.2 Å². The highest BCUT2D eigenvalue weighted by Gasteiger charge is 2.20. The van der Waals surface area contributed by atoms with E-state index in [1.54, 1.807) is 0 Å². The predicted molar refractivity (Wildman–Crippen MR) is 170 cm³/mol. The van der Waals surface area contributed by atoms with Crippen LogP contribution in [-0.2, 0) is 0 Å². The quantitative estimate of drug-likeness (QED) is 0.132. The van der Waals surface area contributed by atoms with Crippen molar-refractivity contribution in [2.45, 2.75) is 38.7 Å². The lowest BCUT2D eigenvalue weighted by Gasteiger charge is -2.19. The summed E-state index contributed by atoms with van der Waals surface area (Å²) >= 11 is 0. The molecule has 1 heterocycles. The number of ether oxygens (including phenoxy) is 1. The molecule has 0 aliphatic rings. The predicted octanol–water partition coefficient (Wildman–Crippen LogP) is 9.99. The third-order valence-corrected chi connectivity index (χ3v) is 7.62. The van der Waals surface area contributed by atoms with Gasteiger partial charge in [-0.25, -0.2) is 4.98 Å². The Morgan fingerprint density at radius 3 is 1.93 bits per heavy atom. The van der Waals surface area contributed by atoms with E-state index in [0.29, 0.717) is 0 Å². The Bertz CT molecular complexity index is 1800. The van der Waals surface area contributed by atoms with Gasteiger partial charge in [0, 0.05) is 22.0 Å². The van der Waals surface area contributed by atoms with Crippen LogP contribution >= 0.6 is 0 Å². The van der Waals surface area contributed by atoms with Gasteiger partial charge in [0.2, 0.25) is 0 Å². The summed E-state index contributed by atoms with van der Waals surface area (Å²) in [5.41, 5.74) is 5.50. The average molecular weight is 523 g/mol. The minimum absolute atomic E-state index is 0.134. The molecule has 0 N–H and O–H groups in total. The van der Waals surface area contributed by atoms with Crippen LogP contribution in [0.4, 0.5) is 0 Å². The third kappa shape index (κ3) is 4.80. The Labute approximate surface area is 236 Å². The van der Waals surface area contributed by atoms with E-state index in [-0.39, 0.29) is 6.10 Å². The summed E-state index contributed by atoms with van der Waals surface area (Å²) in [7, 11) is 0. The summed E-state index contributed by atoms with van der Waals surface area (Å²) in [5.74, 6) is 1.80. The van der Waals surface area contributed by atoms with Gasteiger partial charge in [0.15, 0.2) is 0 Å². The van der Waals surface area contributed by atoms with Crippen LogP contribution in [0.5, 0.6) is 5.75 Å². The lowest BCUT2D eigenvalue weighted by atomic mass is 10.00. The van der Waals surface area contributed by atoms with Crippen molar-refractivity contribution in [2.75, 3.05) is 0 Å². The second kappa shape index (κ2) is 11.2. The van der Waals surface area contributed by atoms with Gasteiger partial charge in [-0.1, -0.05) is 90.5 Å². The Hall–Kier alpha value is -4.63. The summed E-state index contributed by atoms with van der Waals surface area (Å²) in [6.07, 6.45) is 7.80. The minimum atomic E-state index is 0.134. The standard InChI is InChI=1S/C37H34N2O/c1-4-6-12-29(13-7-5-2)40-30-24-22-28(23-25-30)39-36-34-17-11-9-15-32(34)31-14-8-10-16-33(31)35(36)38-37(39)27-20-18-26(3)19-21-27/h4-5,8-11,14-25,29H,1-2,6-7,12-13H2,3H3. The van der Waals surface area contributed by atoms with Crippen molar-refractivity contribution < 1.29 is 4.74 Å². The van der Waals surface area contributed by atoms with E-state index in [1.165, 1.54) is 21.7 Å². The molecule has 3 heteroatoms. The van der Waals surface area contributed by atoms with Crippen molar-refractivity contribution in [3.05, 3.63) is 128 Å². The second-order valence-electron chi connectivity index (χ2n) is 10.4. The SMILES string of the molecule is C=CCCC(CCC=C)Oc1ccc(-n2c(-c3ccc(C)cc3)nc3c4ccccc4c4ccccc4c32)cc1. The lowest BCUT2D eigenvalue weighted by molar-refractivity contribution is 0.183. The fourth-order valence-electron chi connectivity index (χ4n) is 5.59. The maximum absolute atomic E-state index is 6.41. The zero-order valence-electron chi connectivity index (χ0n) is 23.0. The molecule has 5 aromatic carbocycles. The Kier molecular flexibility index (Phi) is 7.20. The molecule has 0 fully saturated rings. The van der Waals surface area contributed by atoms with Gasteiger partial charge in [-0.3, -0.25) is 4.57 Å². The van der Waals surface area contributed by atoms with Crippen LogP contribution in [0.15, 0.2) is 122 Å². The van der Waals surface area contributed by atoms with E-state index < -0.39 is 0 Å². The number of fused-ring (bicyclic) bond motifs is 6. The Morgan fingerprint density at radius 1 is 0.725 bits per heavy atom. The van der Waals surface area contributed by atoms with Crippen molar-refractivity contribution in [2.24, 2.45) is 0 Å². The minimum Gasteiger partial charge on any atom is -0.490 e. The number of aromatic nitrogens is 2. The topological polar surface area (TPSA) is 27.1 Å². The van der Waals surface area contributed by atoms with Gasteiger partial charge in [-0.05, 0) is 67.6 Å². The first-order valence-corrected chi connectivity index (χ1v) is 14.1. The first kappa shape index (κ1) is 25.6. The molecule has 6 rings (SSSR count). The number of imidazole rings is 1. The normalized spacial score (nSPS) is 11.4. The molecule has 0 bridgehead atoms. The summed E-state index contributed by atoms with van der Waals surface area (Å²) < 4.78 is 8.72. The van der Waals surface area contributed by atoms with Gasteiger partial charge < -0.3 is 4.74 Å². The smallest absolute Gasteiger partial charge is 0.145 e. The molecule has 3 nitrogen and oxygen atoms in total. The maximum Gasteiger partial charge on any atom is 0.145 e. The van der Waals surface area contributed by atoms with Crippen molar-refractivity contribution in [1.29, 1.82) is 0 Å². The molecule has 0 aliphatic heterocycles. The molecule has 0 amide bonds. The zero-order chi connectivity index (χ0) is 27.5. The molecule has 0 saturated carbocycles. The number of rotatable bonds is 10. The van der Waals surface area contributed by atoms with Crippen molar-refractivity contribution in [1.82, 2.24) is 9.55 Å². The summed E-state index contributed by atoms with van der Waals surface area (Å²) in [6.45, 7) is 9.87. The molecular formula is C37H34N2O. The van der Waals surface area contributed by atoms with Gasteiger partial charge >= 0.3 is 0 Å². The molecule has 40 heavy (non-hydrogen) atoms. The van der Waals surface area contributed by atoms with Gasteiger partial charge in [-0.15, -0.1) is 13.2 Å². The molecule has 6 aromatic rings. The van der Waals surface area contributed by atoms with Crippen molar-refractivity contribution in [3.8, 4) is 22.8 Å². The number of benzene rings is 5. The highest BCUT2D eigenvalue weighted by atomic mass is 16.5. The fraction of sp³-hybridized carbons (Fsp3) is 0.162. The third-order valence-electron chi connectivity index (χ3n) is 7.62. The number of allylic oxidation sites excluding steroid dienone is 2. The number of nitrogens with zero attached hydrogens (tertiary/aromatic N) is 2. The first-order valence-electron chi connectivity index (χ1n) is 14.1. The van der Waals surface area contributed by atoms with Gasteiger partial charge in [0.05, 0.1) is 17.1 Å². The van der Waals surface area contributed by atoms with Crippen molar-refractivity contribution >= 4 is 32.6 Å². The van der Waals surface area contributed by atoms with E-state index in [2.05, 4.69) is 122 Å². The van der Waals surface area contributed by atoms with E-state index in [4.69, 9.17) is 9.72 Å². The Morgan fingerprint density at radius 2 is 1.30 bits per heavy atom. The molecule has 198 valence electrons. The lowest BCUT2D eigenvalue weighted by Crippen LogP contribution is -2.16. The molecule has 0 aliphatic carbocycles. The molecular weight excluding hydrogens is 488 g/mol. The molecule has 0 radical (unpaired) electrons. The fourth-order valence-corrected chi connectivity index (χ4v) is 5.59. The second-order valence-corrected chi connectivity index (χ2v) is 10.4. The van der Waals surface area contributed by atoms with E-state index >= 15 is 0 Å². The van der Waals surface area contributed by atoms with Crippen LogP contribution in [0.3, 0.4) is 0 Å². The first-order chi connectivity index (χ1) is 19.7. The van der Waals surface area contributed by atoms with E-state index in [9.17, 15) is 0 Å². The van der Waals surface area contributed by atoms with Crippen LogP contribution in [0.2, 0.25) is 0 Å². The van der Waals surface area contributed by atoms with Crippen LogP contribution in [0.25, 0.3) is 49.7 Å². The van der Waals surface area contributed by atoms with Crippen molar-refractivity contribution in [3.63, 3.8) is 0 Å². The average Bonchev–Trinajstić information content (AvgIpc) is 3.40. The number of aryl methyl sites for hydroxylation is 1. The van der Waals surface area contributed by atoms with Gasteiger partial charge in [0.1, 0.15) is 11.6 Å². The maximum atomic E-state index is 6.41. The van der Waals surface area contributed by atoms with Crippen LogP contribution in [-0.4, -0.2) is 15.7 Å². The molecule has 0 unspecified atom stereocenters. The number of hydrogen-bond acceptors (Lipinski definition) is 2. The number of hydrogen-bond donors (Lipinski definition) is 0. The Balaban J connectivity index is 1.54. The van der Waals surface area contributed by atoms with E-state index in [1.807, 2.05) is 12.2 Å². The summed E-state index contributed by atoms with van der Waals surface area (Å²) in [6, 6.07) is 34.3. The molecule has 1 aromatic heterocycles. The van der Waals surface area contributed by atoms with Gasteiger partial charge in [0.25, 0.3) is 0 Å². The summed E-state index contributed by atoms with van der Waals surface area (Å²) in [5, 5.41) is 4.81. The highest BCUT2D eigenvalue weighted by Crippen LogP contribution is 2.39. The molecule has 0 spiro atoms. The summed E-state index contributed by atoms with van der Waals surface area (Å²) in [4.78, 5) is 5.32. The molecule has 0 saturated heterocycles. The van der Waals surface area contributed by atoms with Crippen LogP contribution in [0, 0.1) is 6.92 Å². The van der Waals surface area contributed by atoms with E-state index in [0.717, 1.165) is 64.9 Å². The monoisotopic (exact) mass is 522 g/mol. The molecule has 0 atom stereocenters. The van der Waals surface area contributed by atoms with Gasteiger partial charge in [-0.2, -0.15) is 0 Å².